The van der Waals surface area contributed by atoms with Crippen LogP contribution in [0.15, 0.2) is 24.3 Å². The third-order valence-electron chi connectivity index (χ3n) is 9.00. The zero-order valence-electron chi connectivity index (χ0n) is 26.0. The molecule has 14 heteroatoms. The summed E-state index contributed by atoms with van der Waals surface area (Å²) in [5.41, 5.74) is -1.40. The van der Waals surface area contributed by atoms with Crippen molar-refractivity contribution < 1.29 is 50.5 Å². The molecule has 2 amide bonds. The summed E-state index contributed by atoms with van der Waals surface area (Å²) in [6, 6.07) is 2.28. The number of pyridine rings is 1. The van der Waals surface area contributed by atoms with Crippen LogP contribution in [0, 0.1) is 17.3 Å². The van der Waals surface area contributed by atoms with Crippen molar-refractivity contribution >= 4 is 29.2 Å². The molecule has 3 heterocycles. The number of amides is 2. The molecule has 2 aromatic rings. The average Bonchev–Trinajstić information content (AvgIpc) is 3.59. The van der Waals surface area contributed by atoms with E-state index in [0.29, 0.717) is 32.0 Å². The van der Waals surface area contributed by atoms with Gasteiger partial charge in [-0.2, -0.15) is 0 Å². The first-order valence-corrected chi connectivity index (χ1v) is 15.5. The van der Waals surface area contributed by atoms with E-state index in [9.17, 15) is 27.6 Å². The average molecular weight is 656 g/mol. The second kappa shape index (κ2) is 12.5. The van der Waals surface area contributed by atoms with Gasteiger partial charge in [0, 0.05) is 23.8 Å². The van der Waals surface area contributed by atoms with Crippen LogP contribution >= 0.6 is 0 Å². The maximum Gasteiger partial charge on any atom is 0.573 e. The van der Waals surface area contributed by atoms with Crippen LogP contribution in [0.1, 0.15) is 71.8 Å². The Kier molecular flexibility index (Phi) is 9.13. The Bertz CT molecular complexity index is 1480. The van der Waals surface area contributed by atoms with Gasteiger partial charge in [0.15, 0.2) is 0 Å². The number of aldehydes is 1. The van der Waals surface area contributed by atoms with E-state index in [2.05, 4.69) is 15.0 Å². The molecule has 46 heavy (non-hydrogen) atoms. The molecular formula is C32H38F5N3O6. The number of hydrogen-bond acceptors (Lipinski definition) is 7. The van der Waals surface area contributed by atoms with Crippen LogP contribution in [-0.4, -0.2) is 65.4 Å². The van der Waals surface area contributed by atoms with Gasteiger partial charge in [-0.15, -0.1) is 13.2 Å². The number of carbonyl (C=O) groups is 3. The van der Waals surface area contributed by atoms with Gasteiger partial charge in [0.2, 0.25) is 11.8 Å². The van der Waals surface area contributed by atoms with Crippen molar-refractivity contribution in [2.45, 2.75) is 103 Å². The Morgan fingerprint density at radius 1 is 1.11 bits per heavy atom. The van der Waals surface area contributed by atoms with Crippen molar-refractivity contribution in [3.8, 4) is 11.6 Å². The van der Waals surface area contributed by atoms with Gasteiger partial charge >= 0.3 is 12.5 Å². The maximum atomic E-state index is 15.9. The zero-order chi connectivity index (χ0) is 33.6. The van der Waals surface area contributed by atoms with Gasteiger partial charge in [-0.1, -0.05) is 34.1 Å². The summed E-state index contributed by atoms with van der Waals surface area (Å²) >= 11 is 0. The normalized spacial score (nSPS) is 28.9. The van der Waals surface area contributed by atoms with E-state index in [0.717, 1.165) is 18.2 Å². The molecule has 1 aromatic carbocycles. The van der Waals surface area contributed by atoms with E-state index in [4.69, 9.17) is 9.47 Å². The highest BCUT2D eigenvalue weighted by molar-refractivity contribution is 5.89. The van der Waals surface area contributed by atoms with Gasteiger partial charge in [-0.25, -0.2) is 18.6 Å². The molecule has 1 aromatic heterocycles. The highest BCUT2D eigenvalue weighted by Gasteiger charge is 2.50. The van der Waals surface area contributed by atoms with Crippen LogP contribution in [0.2, 0.25) is 0 Å². The number of aromatic nitrogens is 1. The Morgan fingerprint density at radius 2 is 1.85 bits per heavy atom. The van der Waals surface area contributed by atoms with E-state index in [1.807, 2.05) is 0 Å². The number of halogens is 5. The molecule has 2 bridgehead atoms. The number of hydrogen-bond donors (Lipinski definition) is 1. The van der Waals surface area contributed by atoms with Crippen LogP contribution < -0.4 is 14.8 Å². The van der Waals surface area contributed by atoms with Crippen LogP contribution in [0.3, 0.4) is 0 Å². The molecular weight excluding hydrogens is 617 g/mol. The predicted molar refractivity (Wildman–Crippen MR) is 155 cm³/mol. The number of ether oxygens (including phenoxy) is 3. The highest BCUT2D eigenvalue weighted by Crippen LogP contribution is 2.44. The lowest BCUT2D eigenvalue weighted by molar-refractivity contribution is -0.274. The summed E-state index contributed by atoms with van der Waals surface area (Å²) in [6.07, 6.45) is -5.02. The number of nitrogens with one attached hydrogen (secondary N) is 1. The van der Waals surface area contributed by atoms with Crippen molar-refractivity contribution in [3.05, 3.63) is 29.8 Å². The standard InChI is InChI=1S/C32H38F5N3O6/c1-5-20-23(16-41)40-15-25(20)44-27-21(12-17-9-10-19(14-22(17)38-27)46-32(35,36)37)31(33,34)11-7-6-8-18-13-24(18)45-29(43)39-26(28(40)42)30(2,3)4/h9-10,12,14,16,18,20,23-26H,5-8,11,13,15H2,1-4H3,(H,39,43)/t18-,20+,23-,24-,25+,26-/m1/s1. The maximum absolute atomic E-state index is 15.9. The molecule has 9 nitrogen and oxygen atoms in total. The fraction of sp³-hybridized carbons (Fsp3) is 0.625. The molecule has 1 N–H and O–H groups in total. The first-order chi connectivity index (χ1) is 21.5. The fourth-order valence-electron chi connectivity index (χ4n) is 6.42. The third-order valence-corrected chi connectivity index (χ3v) is 9.00. The van der Waals surface area contributed by atoms with E-state index in [1.165, 1.54) is 11.0 Å². The van der Waals surface area contributed by atoms with Crippen molar-refractivity contribution in [1.29, 1.82) is 0 Å². The quantitative estimate of drug-likeness (QED) is 0.297. The van der Waals surface area contributed by atoms with E-state index in [1.54, 1.807) is 27.7 Å². The number of nitrogens with zero attached hydrogens (tertiary/aromatic N) is 2. The van der Waals surface area contributed by atoms with Gasteiger partial charge in [-0.05, 0) is 55.2 Å². The van der Waals surface area contributed by atoms with E-state index < -0.39 is 77.4 Å². The lowest BCUT2D eigenvalue weighted by Crippen LogP contribution is -2.56. The Morgan fingerprint density at radius 3 is 2.50 bits per heavy atom. The van der Waals surface area contributed by atoms with Crippen molar-refractivity contribution in [2.75, 3.05) is 6.54 Å². The number of alkyl halides is 5. The second-order valence-electron chi connectivity index (χ2n) is 13.4. The van der Waals surface area contributed by atoms with Crippen molar-refractivity contribution in [3.63, 3.8) is 0 Å². The zero-order valence-corrected chi connectivity index (χ0v) is 26.0. The minimum absolute atomic E-state index is 0.0143. The van der Waals surface area contributed by atoms with Gasteiger partial charge < -0.3 is 29.2 Å². The van der Waals surface area contributed by atoms with E-state index >= 15 is 8.78 Å². The lowest BCUT2D eigenvalue weighted by Gasteiger charge is -2.34. The Labute approximate surface area is 263 Å². The van der Waals surface area contributed by atoms with E-state index in [-0.39, 0.29) is 35.9 Å². The molecule has 5 rings (SSSR count). The minimum atomic E-state index is -4.98. The first kappa shape index (κ1) is 33.6. The summed E-state index contributed by atoms with van der Waals surface area (Å²) in [7, 11) is 0. The van der Waals surface area contributed by atoms with Gasteiger partial charge in [-0.3, -0.25) is 4.79 Å². The predicted octanol–water partition coefficient (Wildman–Crippen LogP) is 6.51. The first-order valence-electron chi connectivity index (χ1n) is 15.5. The molecule has 2 aliphatic heterocycles. The Balaban J connectivity index is 1.57. The second-order valence-corrected chi connectivity index (χ2v) is 13.4. The Hall–Kier alpha value is -3.71. The summed E-state index contributed by atoms with van der Waals surface area (Å²) in [4.78, 5) is 44.8. The minimum Gasteiger partial charge on any atom is -0.472 e. The molecule has 6 atom stereocenters. The molecule has 1 saturated heterocycles. The summed E-state index contributed by atoms with van der Waals surface area (Å²) in [6.45, 7) is 6.83. The summed E-state index contributed by atoms with van der Waals surface area (Å²) < 4.78 is 86.3. The van der Waals surface area contributed by atoms with Gasteiger partial charge in [0.25, 0.3) is 5.92 Å². The number of carbonyl (C=O) groups excluding carboxylic acids is 3. The summed E-state index contributed by atoms with van der Waals surface area (Å²) in [5, 5.41) is 2.84. The van der Waals surface area contributed by atoms with Crippen LogP contribution in [0.4, 0.5) is 26.7 Å². The fourth-order valence-corrected chi connectivity index (χ4v) is 6.42. The molecule has 3 aliphatic rings. The monoisotopic (exact) mass is 655 g/mol. The lowest BCUT2D eigenvalue weighted by atomic mass is 9.85. The van der Waals surface area contributed by atoms with Crippen LogP contribution in [0.25, 0.3) is 10.9 Å². The van der Waals surface area contributed by atoms with Crippen molar-refractivity contribution in [2.24, 2.45) is 17.3 Å². The molecule has 0 radical (unpaired) electrons. The SMILES string of the molecule is CC[C@@H]1[C@@H]2CN(C(=O)[C@H](C(C)(C)C)NC(=O)O[C@@H]3C[C@H]3CCCCC(F)(F)c3cc4ccc(OC(F)(F)F)cc4nc3O2)[C@@H]1C=O. The van der Waals surface area contributed by atoms with Gasteiger partial charge in [0.1, 0.15) is 30.3 Å². The number of alkyl carbamates (subject to hydrolysis) is 1. The molecule has 252 valence electrons. The van der Waals surface area contributed by atoms with Crippen LogP contribution in [0.5, 0.6) is 11.6 Å². The molecule has 1 saturated carbocycles. The highest BCUT2D eigenvalue weighted by atomic mass is 19.4. The van der Waals surface area contributed by atoms with Gasteiger partial charge in [0.05, 0.1) is 23.7 Å². The number of fused-ring (bicyclic) bond motifs is 5. The largest absolute Gasteiger partial charge is 0.573 e. The van der Waals surface area contributed by atoms with Crippen LogP contribution in [-0.2, 0) is 20.2 Å². The third kappa shape index (κ3) is 7.30. The molecule has 0 spiro atoms. The smallest absolute Gasteiger partial charge is 0.472 e. The number of rotatable bonds is 3. The van der Waals surface area contributed by atoms with Crippen molar-refractivity contribution in [1.82, 2.24) is 15.2 Å². The topological polar surface area (TPSA) is 107 Å². The number of benzene rings is 1. The molecule has 2 fully saturated rings. The molecule has 1 aliphatic carbocycles. The molecule has 0 unspecified atom stereocenters. The summed E-state index contributed by atoms with van der Waals surface area (Å²) in [5.74, 6) is -5.70.